The first-order valence-corrected chi connectivity index (χ1v) is 12.8. The number of alkyl halides is 4. The van der Waals surface area contributed by atoms with Crippen LogP contribution in [-0.4, -0.2) is 34.7 Å². The topological polar surface area (TPSA) is 18.5 Å². The smallest absolute Gasteiger partial charge is 0.155 e. The van der Waals surface area contributed by atoms with Crippen LogP contribution in [0.25, 0.3) is 0 Å². The standard InChI is InChI=1S/C20H39Cl4O2P/c1-15(21)11-19(12-16(2)22)7-5-9-25-27-26-10-6-8-20(13-17(3)23)14-18(4)24/h15-20,27H,5-14H2,1-4H3. The highest BCUT2D eigenvalue weighted by Crippen LogP contribution is 2.26. The zero-order valence-electron chi connectivity index (χ0n) is 17.4. The van der Waals surface area contributed by atoms with Gasteiger partial charge in [-0.1, -0.05) is 0 Å². The van der Waals surface area contributed by atoms with Crippen LogP contribution in [0.5, 0.6) is 0 Å². The van der Waals surface area contributed by atoms with E-state index in [1.165, 1.54) is 0 Å². The Hall–Kier alpha value is 1.51. The van der Waals surface area contributed by atoms with Gasteiger partial charge in [0.2, 0.25) is 0 Å². The predicted octanol–water partition coefficient (Wildman–Crippen LogP) is 8.39. The van der Waals surface area contributed by atoms with Crippen LogP contribution in [0.1, 0.15) is 79.1 Å². The minimum absolute atomic E-state index is 0.119. The van der Waals surface area contributed by atoms with Gasteiger partial charge in [0.05, 0.1) is 13.2 Å². The summed E-state index contributed by atoms with van der Waals surface area (Å²) in [5, 5.41) is 0.792. The first kappa shape index (κ1) is 28.5. The molecule has 0 aliphatic rings. The molecule has 0 rings (SSSR count). The Bertz CT molecular complexity index is 281. The highest BCUT2D eigenvalue weighted by Gasteiger charge is 2.15. The summed E-state index contributed by atoms with van der Waals surface area (Å²) < 4.78 is 11.3. The fourth-order valence-corrected chi connectivity index (χ4v) is 5.06. The van der Waals surface area contributed by atoms with Crippen LogP contribution >= 0.6 is 55.4 Å². The highest BCUT2D eigenvalue weighted by atomic mass is 35.5. The molecule has 0 aliphatic heterocycles. The largest absolute Gasteiger partial charge is 0.336 e. The van der Waals surface area contributed by atoms with Crippen LogP contribution < -0.4 is 0 Å². The Kier molecular flexibility index (Phi) is 19.3. The van der Waals surface area contributed by atoms with Crippen LogP contribution in [0.2, 0.25) is 0 Å². The molecule has 0 N–H and O–H groups in total. The summed E-state index contributed by atoms with van der Waals surface area (Å²) in [5.41, 5.74) is 0. The summed E-state index contributed by atoms with van der Waals surface area (Å²) in [4.78, 5) is 0. The third kappa shape index (κ3) is 20.6. The van der Waals surface area contributed by atoms with Crippen molar-refractivity contribution < 1.29 is 9.05 Å². The molecule has 4 atom stereocenters. The van der Waals surface area contributed by atoms with Crippen molar-refractivity contribution in [3.63, 3.8) is 0 Å². The minimum atomic E-state index is 0.119. The van der Waals surface area contributed by atoms with Crippen molar-refractivity contribution in [1.29, 1.82) is 0 Å². The fourth-order valence-electron chi connectivity index (χ4n) is 3.51. The number of halogens is 4. The van der Waals surface area contributed by atoms with Gasteiger partial charge in [-0.2, -0.15) is 0 Å². The number of rotatable bonds is 18. The Morgan fingerprint density at radius 3 is 1.15 bits per heavy atom. The van der Waals surface area contributed by atoms with Gasteiger partial charge in [-0.05, 0) is 90.9 Å². The molecule has 4 unspecified atom stereocenters. The second kappa shape index (κ2) is 18.3. The van der Waals surface area contributed by atoms with Gasteiger partial charge in [0.15, 0.2) is 9.03 Å². The zero-order chi connectivity index (χ0) is 20.7. The van der Waals surface area contributed by atoms with Crippen molar-refractivity contribution in [2.45, 2.75) is 101 Å². The van der Waals surface area contributed by atoms with Gasteiger partial charge in [-0.15, -0.1) is 46.4 Å². The van der Waals surface area contributed by atoms with Crippen molar-refractivity contribution in [2.24, 2.45) is 11.8 Å². The molecule has 0 aromatic carbocycles. The summed E-state index contributed by atoms with van der Waals surface area (Å²) in [5.74, 6) is 1.15. The summed E-state index contributed by atoms with van der Waals surface area (Å²) in [6, 6.07) is 0. The molecule has 0 heterocycles. The molecular formula is C20H39Cl4O2P. The third-order valence-electron chi connectivity index (χ3n) is 4.47. The monoisotopic (exact) mass is 482 g/mol. The van der Waals surface area contributed by atoms with Crippen LogP contribution in [0.15, 0.2) is 0 Å². The van der Waals surface area contributed by atoms with Crippen molar-refractivity contribution >= 4 is 55.4 Å². The first-order valence-electron chi connectivity index (χ1n) is 10.3. The molecular weight excluding hydrogens is 445 g/mol. The summed E-state index contributed by atoms with van der Waals surface area (Å²) >= 11 is 24.5. The molecule has 0 bridgehead atoms. The molecule has 0 aromatic heterocycles. The molecule has 0 aromatic rings. The van der Waals surface area contributed by atoms with E-state index in [0.29, 0.717) is 11.8 Å². The van der Waals surface area contributed by atoms with E-state index in [1.807, 2.05) is 27.7 Å². The average molecular weight is 484 g/mol. The second-order valence-corrected chi connectivity index (χ2v) is 11.6. The van der Waals surface area contributed by atoms with Crippen LogP contribution in [0.4, 0.5) is 0 Å². The molecule has 0 amide bonds. The molecule has 7 heteroatoms. The fraction of sp³-hybridized carbons (Fsp3) is 1.00. The lowest BCUT2D eigenvalue weighted by atomic mass is 9.93. The van der Waals surface area contributed by atoms with E-state index in [1.54, 1.807) is 0 Å². The van der Waals surface area contributed by atoms with Crippen molar-refractivity contribution in [2.75, 3.05) is 13.2 Å². The molecule has 0 saturated heterocycles. The molecule has 0 radical (unpaired) electrons. The molecule has 27 heavy (non-hydrogen) atoms. The van der Waals surface area contributed by atoms with Crippen LogP contribution in [0.3, 0.4) is 0 Å². The number of hydrogen-bond acceptors (Lipinski definition) is 2. The van der Waals surface area contributed by atoms with E-state index in [-0.39, 0.29) is 30.5 Å². The van der Waals surface area contributed by atoms with Gasteiger partial charge in [0.1, 0.15) is 0 Å². The van der Waals surface area contributed by atoms with Crippen LogP contribution in [-0.2, 0) is 9.05 Å². The van der Waals surface area contributed by atoms with E-state index in [4.69, 9.17) is 55.5 Å². The van der Waals surface area contributed by atoms with Crippen molar-refractivity contribution in [3.8, 4) is 0 Å². The van der Waals surface area contributed by atoms with E-state index in [0.717, 1.165) is 64.6 Å². The third-order valence-corrected chi connectivity index (χ3v) is 5.82. The number of hydrogen-bond donors (Lipinski definition) is 0. The molecule has 164 valence electrons. The van der Waals surface area contributed by atoms with Gasteiger partial charge >= 0.3 is 0 Å². The maximum atomic E-state index is 6.14. The lowest BCUT2D eigenvalue weighted by molar-refractivity contribution is 0.243. The summed E-state index contributed by atoms with van der Waals surface area (Å²) in [6.45, 7) is 9.66. The second-order valence-electron chi connectivity index (χ2n) is 7.86. The maximum Gasteiger partial charge on any atom is 0.155 e. The Balaban J connectivity index is 3.72. The quantitative estimate of drug-likeness (QED) is 0.111. The molecule has 0 aliphatic carbocycles. The SMILES string of the molecule is CC(Cl)CC(CCCOPOCCCC(CC(C)Cl)CC(C)Cl)CC(C)Cl. The van der Waals surface area contributed by atoms with Gasteiger partial charge in [0, 0.05) is 21.5 Å². The lowest BCUT2D eigenvalue weighted by Gasteiger charge is -2.19. The zero-order valence-corrected chi connectivity index (χ0v) is 21.4. The summed E-state index contributed by atoms with van der Waals surface area (Å²) in [7, 11) is 0.119. The first-order chi connectivity index (χ1) is 12.7. The van der Waals surface area contributed by atoms with Crippen molar-refractivity contribution in [3.05, 3.63) is 0 Å². The molecule has 2 nitrogen and oxygen atoms in total. The molecule has 0 spiro atoms. The highest BCUT2D eigenvalue weighted by molar-refractivity contribution is 7.26. The van der Waals surface area contributed by atoms with Gasteiger partial charge < -0.3 is 9.05 Å². The minimum Gasteiger partial charge on any atom is -0.336 e. The van der Waals surface area contributed by atoms with E-state index < -0.39 is 0 Å². The van der Waals surface area contributed by atoms with Gasteiger partial charge in [-0.25, -0.2) is 0 Å². The maximum absolute atomic E-state index is 6.14. The Labute approximate surface area is 189 Å². The summed E-state index contributed by atoms with van der Waals surface area (Å²) in [6.07, 6.45) is 8.32. The van der Waals surface area contributed by atoms with Gasteiger partial charge in [-0.3, -0.25) is 0 Å². The van der Waals surface area contributed by atoms with Crippen molar-refractivity contribution in [1.82, 2.24) is 0 Å². The average Bonchev–Trinajstić information content (AvgIpc) is 2.50. The lowest BCUT2D eigenvalue weighted by Crippen LogP contribution is -2.11. The van der Waals surface area contributed by atoms with E-state index in [2.05, 4.69) is 0 Å². The van der Waals surface area contributed by atoms with E-state index in [9.17, 15) is 0 Å². The molecule has 0 saturated carbocycles. The normalized spacial score (nSPS) is 19.1. The van der Waals surface area contributed by atoms with E-state index >= 15 is 0 Å². The molecule has 0 fully saturated rings. The predicted molar refractivity (Wildman–Crippen MR) is 125 cm³/mol. The van der Waals surface area contributed by atoms with Crippen LogP contribution in [0, 0.1) is 11.8 Å². The Morgan fingerprint density at radius 2 is 0.889 bits per heavy atom. The van der Waals surface area contributed by atoms with Gasteiger partial charge in [0.25, 0.3) is 0 Å². The Morgan fingerprint density at radius 1 is 0.593 bits per heavy atom.